The highest BCUT2D eigenvalue weighted by molar-refractivity contribution is 9.10. The lowest BCUT2D eigenvalue weighted by Crippen LogP contribution is -2.37. The first-order valence-electron chi connectivity index (χ1n) is 9.29. The average molecular weight is 446 g/mol. The van der Waals surface area contributed by atoms with Gasteiger partial charge >= 0.3 is 0 Å². The number of carbonyl (C=O) groups excluding carboxylic acids is 2. The Hall–Kier alpha value is -2.22. The standard InChI is InChI=1S/C21H24BrN3O3/c22-19-7-3-6-16(12-19)21(27)24-14-20(26)23-13-17-4-1-2-5-18(17)15-25-8-10-28-11-9-25/h1-7,12H,8-11,13-15H2,(H,23,26)(H,24,27). The van der Waals surface area contributed by atoms with E-state index in [0.717, 1.165) is 42.9 Å². The van der Waals surface area contributed by atoms with E-state index >= 15 is 0 Å². The zero-order chi connectivity index (χ0) is 19.8. The molecule has 0 spiro atoms. The van der Waals surface area contributed by atoms with Crippen LogP contribution in [0.3, 0.4) is 0 Å². The highest BCUT2D eigenvalue weighted by atomic mass is 79.9. The van der Waals surface area contributed by atoms with E-state index in [-0.39, 0.29) is 18.4 Å². The maximum atomic E-state index is 12.2. The summed E-state index contributed by atoms with van der Waals surface area (Å²) in [6, 6.07) is 15.2. The summed E-state index contributed by atoms with van der Waals surface area (Å²) in [5.41, 5.74) is 2.79. The fourth-order valence-corrected chi connectivity index (χ4v) is 3.43. The molecule has 6 nitrogen and oxygen atoms in total. The van der Waals surface area contributed by atoms with Crippen molar-refractivity contribution in [2.45, 2.75) is 13.1 Å². The average Bonchev–Trinajstić information content (AvgIpc) is 2.72. The number of ether oxygens (including phenoxy) is 1. The predicted molar refractivity (Wildman–Crippen MR) is 111 cm³/mol. The topological polar surface area (TPSA) is 70.7 Å². The predicted octanol–water partition coefficient (Wildman–Crippen LogP) is 2.33. The van der Waals surface area contributed by atoms with Gasteiger partial charge in [0.2, 0.25) is 5.91 Å². The van der Waals surface area contributed by atoms with Crippen molar-refractivity contribution in [1.29, 1.82) is 0 Å². The smallest absolute Gasteiger partial charge is 0.251 e. The first kappa shape index (κ1) is 20.5. The minimum atomic E-state index is -0.274. The Morgan fingerprint density at radius 1 is 1.00 bits per heavy atom. The third-order valence-electron chi connectivity index (χ3n) is 4.59. The van der Waals surface area contributed by atoms with Crippen LogP contribution in [0.4, 0.5) is 0 Å². The monoisotopic (exact) mass is 445 g/mol. The Bertz CT molecular complexity index is 822. The summed E-state index contributed by atoms with van der Waals surface area (Å²) < 4.78 is 6.22. The van der Waals surface area contributed by atoms with Crippen LogP contribution in [0, 0.1) is 0 Å². The molecule has 28 heavy (non-hydrogen) atoms. The van der Waals surface area contributed by atoms with Crippen molar-refractivity contribution in [2.24, 2.45) is 0 Å². The van der Waals surface area contributed by atoms with E-state index in [1.807, 2.05) is 24.3 Å². The second-order valence-electron chi connectivity index (χ2n) is 6.63. The second kappa shape index (κ2) is 10.4. The minimum Gasteiger partial charge on any atom is -0.379 e. The van der Waals surface area contributed by atoms with Crippen molar-refractivity contribution in [3.63, 3.8) is 0 Å². The molecule has 1 heterocycles. The van der Waals surface area contributed by atoms with Gasteiger partial charge < -0.3 is 15.4 Å². The van der Waals surface area contributed by atoms with E-state index in [2.05, 4.69) is 37.5 Å². The van der Waals surface area contributed by atoms with Crippen LogP contribution in [0.25, 0.3) is 0 Å². The highest BCUT2D eigenvalue weighted by Crippen LogP contribution is 2.13. The third-order valence-corrected chi connectivity index (χ3v) is 5.08. The zero-order valence-corrected chi connectivity index (χ0v) is 17.2. The van der Waals surface area contributed by atoms with Crippen LogP contribution in [0.2, 0.25) is 0 Å². The lowest BCUT2D eigenvalue weighted by Gasteiger charge is -2.27. The Morgan fingerprint density at radius 3 is 2.50 bits per heavy atom. The number of carbonyl (C=O) groups is 2. The van der Waals surface area contributed by atoms with E-state index in [1.54, 1.807) is 18.2 Å². The number of hydrogen-bond acceptors (Lipinski definition) is 4. The summed E-state index contributed by atoms with van der Waals surface area (Å²) >= 11 is 3.33. The summed E-state index contributed by atoms with van der Waals surface area (Å²) in [7, 11) is 0. The molecule has 0 aromatic heterocycles. The molecule has 1 aliphatic heterocycles. The number of morpholine rings is 1. The SMILES string of the molecule is O=C(CNC(=O)c1cccc(Br)c1)NCc1ccccc1CN1CCOCC1. The number of amides is 2. The number of nitrogens with zero attached hydrogens (tertiary/aromatic N) is 1. The summed E-state index contributed by atoms with van der Waals surface area (Å²) in [6.07, 6.45) is 0. The fourth-order valence-electron chi connectivity index (χ4n) is 3.03. The van der Waals surface area contributed by atoms with Gasteiger partial charge in [0, 0.05) is 36.2 Å². The van der Waals surface area contributed by atoms with Crippen molar-refractivity contribution in [3.8, 4) is 0 Å². The van der Waals surface area contributed by atoms with Gasteiger partial charge in [-0.1, -0.05) is 46.3 Å². The van der Waals surface area contributed by atoms with Crippen LogP contribution < -0.4 is 10.6 Å². The molecule has 1 fully saturated rings. The molecule has 2 aromatic rings. The Kier molecular flexibility index (Phi) is 7.59. The molecule has 1 aliphatic rings. The lowest BCUT2D eigenvalue weighted by atomic mass is 10.1. The molecule has 0 bridgehead atoms. The maximum absolute atomic E-state index is 12.2. The molecule has 2 amide bonds. The van der Waals surface area contributed by atoms with Gasteiger partial charge in [-0.05, 0) is 29.3 Å². The quantitative estimate of drug-likeness (QED) is 0.685. The van der Waals surface area contributed by atoms with Crippen LogP contribution >= 0.6 is 15.9 Å². The normalized spacial score (nSPS) is 14.5. The van der Waals surface area contributed by atoms with Gasteiger partial charge in [-0.3, -0.25) is 14.5 Å². The van der Waals surface area contributed by atoms with E-state index < -0.39 is 0 Å². The van der Waals surface area contributed by atoms with E-state index in [4.69, 9.17) is 4.74 Å². The molecule has 2 aromatic carbocycles. The molecule has 0 atom stereocenters. The first-order valence-corrected chi connectivity index (χ1v) is 10.1. The number of benzene rings is 2. The van der Waals surface area contributed by atoms with Gasteiger partial charge in [0.1, 0.15) is 0 Å². The van der Waals surface area contributed by atoms with Crippen LogP contribution in [-0.2, 0) is 22.6 Å². The summed E-state index contributed by atoms with van der Waals surface area (Å²) in [6.45, 7) is 4.58. The molecule has 0 radical (unpaired) electrons. The Morgan fingerprint density at radius 2 is 1.75 bits per heavy atom. The van der Waals surface area contributed by atoms with Crippen molar-refractivity contribution in [2.75, 3.05) is 32.8 Å². The second-order valence-corrected chi connectivity index (χ2v) is 7.54. The zero-order valence-electron chi connectivity index (χ0n) is 15.6. The third kappa shape index (κ3) is 6.15. The van der Waals surface area contributed by atoms with Gasteiger partial charge in [-0.25, -0.2) is 0 Å². The van der Waals surface area contributed by atoms with Crippen LogP contribution in [0.1, 0.15) is 21.5 Å². The number of rotatable bonds is 7. The van der Waals surface area contributed by atoms with Gasteiger partial charge in [0.25, 0.3) is 5.91 Å². The summed E-state index contributed by atoms with van der Waals surface area (Å²) in [5, 5.41) is 5.54. The van der Waals surface area contributed by atoms with Crippen molar-refractivity contribution in [1.82, 2.24) is 15.5 Å². The van der Waals surface area contributed by atoms with Crippen molar-refractivity contribution in [3.05, 3.63) is 69.7 Å². The molecule has 1 saturated heterocycles. The molecular weight excluding hydrogens is 422 g/mol. The van der Waals surface area contributed by atoms with Gasteiger partial charge in [-0.15, -0.1) is 0 Å². The molecule has 0 saturated carbocycles. The van der Waals surface area contributed by atoms with Gasteiger partial charge in [-0.2, -0.15) is 0 Å². The van der Waals surface area contributed by atoms with Crippen LogP contribution in [0.5, 0.6) is 0 Å². The molecule has 2 N–H and O–H groups in total. The summed E-state index contributed by atoms with van der Waals surface area (Å²) in [5.74, 6) is -0.492. The fraction of sp³-hybridized carbons (Fsp3) is 0.333. The van der Waals surface area contributed by atoms with Gasteiger partial charge in [0.15, 0.2) is 0 Å². The Labute approximate surface area is 173 Å². The van der Waals surface area contributed by atoms with E-state index in [1.165, 1.54) is 5.56 Å². The van der Waals surface area contributed by atoms with E-state index in [0.29, 0.717) is 12.1 Å². The maximum Gasteiger partial charge on any atom is 0.251 e. The molecule has 0 unspecified atom stereocenters. The molecule has 3 rings (SSSR count). The number of hydrogen-bond donors (Lipinski definition) is 2. The first-order chi connectivity index (χ1) is 13.6. The molecule has 7 heteroatoms. The van der Waals surface area contributed by atoms with Crippen molar-refractivity contribution < 1.29 is 14.3 Å². The molecule has 0 aliphatic carbocycles. The summed E-state index contributed by atoms with van der Waals surface area (Å²) in [4.78, 5) is 26.6. The Balaban J connectivity index is 1.48. The van der Waals surface area contributed by atoms with E-state index in [9.17, 15) is 9.59 Å². The molecular formula is C21H24BrN3O3. The highest BCUT2D eigenvalue weighted by Gasteiger charge is 2.13. The number of nitrogens with one attached hydrogen (secondary N) is 2. The number of halogens is 1. The largest absolute Gasteiger partial charge is 0.379 e. The van der Waals surface area contributed by atoms with Crippen molar-refractivity contribution >= 4 is 27.7 Å². The van der Waals surface area contributed by atoms with Crippen LogP contribution in [0.15, 0.2) is 53.0 Å². The molecule has 148 valence electrons. The van der Waals surface area contributed by atoms with Gasteiger partial charge in [0.05, 0.1) is 19.8 Å². The minimum absolute atomic E-state index is 0.0586. The lowest BCUT2D eigenvalue weighted by molar-refractivity contribution is -0.120. The van der Waals surface area contributed by atoms with Crippen LogP contribution in [-0.4, -0.2) is 49.6 Å².